The highest BCUT2D eigenvalue weighted by atomic mass is 32.2. The molecule has 1 heterocycles. The van der Waals surface area contributed by atoms with Crippen LogP contribution in [0.5, 0.6) is 5.75 Å². The third kappa shape index (κ3) is 4.34. The van der Waals surface area contributed by atoms with Gasteiger partial charge in [0.15, 0.2) is 0 Å². The molecule has 0 amide bonds. The second-order valence-electron chi connectivity index (χ2n) is 7.42. The van der Waals surface area contributed by atoms with Crippen molar-refractivity contribution in [3.05, 3.63) is 58.7 Å². The Balaban J connectivity index is 1.69. The Morgan fingerprint density at radius 3 is 2.26 bits per heavy atom. The zero-order valence-corrected chi connectivity index (χ0v) is 17.4. The van der Waals surface area contributed by atoms with E-state index < -0.39 is 10.0 Å². The number of quaternary nitrogens is 1. The highest BCUT2D eigenvalue weighted by Gasteiger charge is 2.31. The largest absolute Gasteiger partial charge is 0.496 e. The number of aryl methyl sites for hydroxylation is 3. The van der Waals surface area contributed by atoms with Gasteiger partial charge in [0.05, 0.1) is 38.2 Å². The maximum Gasteiger partial charge on any atom is 0.243 e. The van der Waals surface area contributed by atoms with E-state index in [1.54, 1.807) is 17.5 Å². The third-order valence-corrected chi connectivity index (χ3v) is 7.31. The molecule has 0 bridgehead atoms. The van der Waals surface area contributed by atoms with Crippen LogP contribution in [-0.4, -0.2) is 46.0 Å². The molecule has 3 rings (SSSR count). The fraction of sp³-hybridized carbons (Fsp3) is 0.429. The van der Waals surface area contributed by atoms with E-state index in [0.717, 1.165) is 36.5 Å². The first-order valence-corrected chi connectivity index (χ1v) is 10.8. The van der Waals surface area contributed by atoms with Crippen LogP contribution in [0.1, 0.15) is 22.3 Å². The summed E-state index contributed by atoms with van der Waals surface area (Å²) in [5.41, 5.74) is 4.28. The lowest BCUT2D eigenvalue weighted by Crippen LogP contribution is -3.13. The molecular formula is C21H29N2O3S+. The van der Waals surface area contributed by atoms with Crippen LogP contribution in [0.25, 0.3) is 0 Å². The van der Waals surface area contributed by atoms with Gasteiger partial charge in [0, 0.05) is 5.56 Å². The maximum absolute atomic E-state index is 13.0. The molecule has 0 aromatic heterocycles. The molecule has 0 atom stereocenters. The minimum atomic E-state index is -3.43. The SMILES string of the molecule is COc1ccc(C)cc1C[NH+]1CCN(S(=O)(=O)c2ccc(C)cc2C)CC1. The fourth-order valence-electron chi connectivity index (χ4n) is 3.76. The number of hydrogen-bond acceptors (Lipinski definition) is 3. The van der Waals surface area contributed by atoms with Crippen LogP contribution in [0, 0.1) is 20.8 Å². The van der Waals surface area contributed by atoms with Gasteiger partial charge in [0.2, 0.25) is 10.0 Å². The summed E-state index contributed by atoms with van der Waals surface area (Å²) in [6.07, 6.45) is 0. The van der Waals surface area contributed by atoms with E-state index in [1.807, 2.05) is 38.1 Å². The molecule has 1 fully saturated rings. The number of hydrogen-bond donors (Lipinski definition) is 1. The van der Waals surface area contributed by atoms with E-state index in [-0.39, 0.29) is 0 Å². The summed E-state index contributed by atoms with van der Waals surface area (Å²) in [7, 11) is -1.74. The van der Waals surface area contributed by atoms with Crippen molar-refractivity contribution < 1.29 is 18.1 Å². The van der Waals surface area contributed by atoms with Gasteiger partial charge >= 0.3 is 0 Å². The minimum Gasteiger partial charge on any atom is -0.496 e. The summed E-state index contributed by atoms with van der Waals surface area (Å²) < 4.78 is 33.2. The number of nitrogens with one attached hydrogen (secondary N) is 1. The number of piperazine rings is 1. The summed E-state index contributed by atoms with van der Waals surface area (Å²) in [6, 6.07) is 11.7. The zero-order valence-electron chi connectivity index (χ0n) is 16.6. The Labute approximate surface area is 162 Å². The van der Waals surface area contributed by atoms with Gasteiger partial charge in [-0.1, -0.05) is 29.3 Å². The number of benzene rings is 2. The third-order valence-electron chi connectivity index (χ3n) is 5.25. The predicted octanol–water partition coefficient (Wildman–Crippen LogP) is 1.71. The van der Waals surface area contributed by atoms with Gasteiger partial charge in [-0.05, 0) is 44.5 Å². The Bertz CT molecular complexity index is 917. The van der Waals surface area contributed by atoms with Crippen molar-refractivity contribution in [3.8, 4) is 5.75 Å². The van der Waals surface area contributed by atoms with Gasteiger partial charge in [-0.15, -0.1) is 0 Å². The van der Waals surface area contributed by atoms with Crippen molar-refractivity contribution >= 4 is 10.0 Å². The first-order valence-electron chi connectivity index (χ1n) is 9.36. The molecule has 0 saturated carbocycles. The number of rotatable bonds is 5. The molecule has 0 spiro atoms. The average molecular weight is 390 g/mol. The number of ether oxygens (including phenoxy) is 1. The Morgan fingerprint density at radius 1 is 1.00 bits per heavy atom. The lowest BCUT2D eigenvalue weighted by atomic mass is 10.1. The first-order chi connectivity index (χ1) is 12.8. The summed E-state index contributed by atoms with van der Waals surface area (Å²) >= 11 is 0. The van der Waals surface area contributed by atoms with Crippen LogP contribution in [0.3, 0.4) is 0 Å². The molecule has 0 aliphatic carbocycles. The van der Waals surface area contributed by atoms with Crippen molar-refractivity contribution in [3.63, 3.8) is 0 Å². The maximum atomic E-state index is 13.0. The standard InChI is InChI=1S/C21H28N2O3S/c1-16-6-8-21(18(3)13-16)27(24,25)23-11-9-22(10-12-23)15-19-14-17(2)5-7-20(19)26-4/h5-8,13-14H,9-12,15H2,1-4H3/p+1. The van der Waals surface area contributed by atoms with Gasteiger partial charge in [-0.2, -0.15) is 4.31 Å². The van der Waals surface area contributed by atoms with Gasteiger partial charge in [0.25, 0.3) is 0 Å². The molecule has 1 aliphatic rings. The van der Waals surface area contributed by atoms with E-state index in [4.69, 9.17) is 4.74 Å². The summed E-state index contributed by atoms with van der Waals surface area (Å²) in [4.78, 5) is 1.81. The summed E-state index contributed by atoms with van der Waals surface area (Å²) in [5, 5.41) is 0. The lowest BCUT2D eigenvalue weighted by Gasteiger charge is -2.32. The molecule has 1 saturated heterocycles. The summed E-state index contributed by atoms with van der Waals surface area (Å²) in [6.45, 7) is 9.44. The van der Waals surface area contributed by atoms with E-state index in [9.17, 15) is 8.42 Å². The normalized spacial score (nSPS) is 16.4. The molecule has 0 unspecified atom stereocenters. The van der Waals surface area contributed by atoms with Crippen LogP contribution in [0.15, 0.2) is 41.3 Å². The molecule has 146 valence electrons. The van der Waals surface area contributed by atoms with Gasteiger partial charge in [0.1, 0.15) is 12.3 Å². The topological polar surface area (TPSA) is 51.1 Å². The van der Waals surface area contributed by atoms with Crippen molar-refractivity contribution in [1.29, 1.82) is 0 Å². The van der Waals surface area contributed by atoms with Crippen LogP contribution < -0.4 is 9.64 Å². The van der Waals surface area contributed by atoms with E-state index in [0.29, 0.717) is 18.0 Å². The van der Waals surface area contributed by atoms with Crippen LogP contribution in [-0.2, 0) is 16.6 Å². The zero-order chi connectivity index (χ0) is 19.6. The summed E-state index contributed by atoms with van der Waals surface area (Å²) in [5.74, 6) is 0.901. The fourth-order valence-corrected chi connectivity index (χ4v) is 5.41. The number of sulfonamides is 1. The first kappa shape index (κ1) is 19.9. The quantitative estimate of drug-likeness (QED) is 0.847. The van der Waals surface area contributed by atoms with E-state index >= 15 is 0 Å². The second kappa shape index (κ2) is 8.00. The smallest absolute Gasteiger partial charge is 0.243 e. The van der Waals surface area contributed by atoms with Crippen molar-refractivity contribution in [2.75, 3.05) is 33.3 Å². The predicted molar refractivity (Wildman–Crippen MR) is 107 cm³/mol. The molecular weight excluding hydrogens is 360 g/mol. The molecule has 5 nitrogen and oxygen atoms in total. The minimum absolute atomic E-state index is 0.428. The molecule has 2 aromatic rings. The van der Waals surface area contributed by atoms with Crippen molar-refractivity contribution in [2.24, 2.45) is 0 Å². The van der Waals surface area contributed by atoms with Gasteiger partial charge < -0.3 is 9.64 Å². The highest BCUT2D eigenvalue weighted by Crippen LogP contribution is 2.21. The Hall–Kier alpha value is -1.89. The molecule has 6 heteroatoms. The van der Waals surface area contributed by atoms with E-state index in [2.05, 4.69) is 13.0 Å². The number of methoxy groups -OCH3 is 1. The van der Waals surface area contributed by atoms with Gasteiger partial charge in [-0.25, -0.2) is 8.42 Å². The molecule has 1 N–H and O–H groups in total. The molecule has 0 radical (unpaired) electrons. The van der Waals surface area contributed by atoms with Crippen LogP contribution in [0.2, 0.25) is 0 Å². The Kier molecular flexibility index (Phi) is 5.89. The monoisotopic (exact) mass is 389 g/mol. The highest BCUT2D eigenvalue weighted by molar-refractivity contribution is 7.89. The molecule has 1 aliphatic heterocycles. The Morgan fingerprint density at radius 2 is 1.63 bits per heavy atom. The molecule has 2 aromatic carbocycles. The average Bonchev–Trinajstić information content (AvgIpc) is 2.62. The second-order valence-corrected chi connectivity index (χ2v) is 9.32. The lowest BCUT2D eigenvalue weighted by molar-refractivity contribution is -0.917. The molecule has 27 heavy (non-hydrogen) atoms. The van der Waals surface area contributed by atoms with Crippen LogP contribution >= 0.6 is 0 Å². The van der Waals surface area contributed by atoms with Crippen molar-refractivity contribution in [1.82, 2.24) is 4.31 Å². The number of nitrogens with zero attached hydrogens (tertiary/aromatic N) is 1. The van der Waals surface area contributed by atoms with Gasteiger partial charge in [-0.3, -0.25) is 0 Å². The van der Waals surface area contributed by atoms with E-state index in [1.165, 1.54) is 16.0 Å². The van der Waals surface area contributed by atoms with Crippen molar-refractivity contribution in [2.45, 2.75) is 32.2 Å². The van der Waals surface area contributed by atoms with Crippen LogP contribution in [0.4, 0.5) is 0 Å².